The number of hydrogen-bond acceptors (Lipinski definition) is 3. The minimum Gasteiger partial charge on any atom is -0.332 e. The second-order valence-corrected chi connectivity index (χ2v) is 3.38. The van der Waals surface area contributed by atoms with E-state index < -0.39 is 12.1 Å². The number of rotatable bonds is 5. The molecule has 0 spiro atoms. The highest BCUT2D eigenvalue weighted by atomic mass is 19.4. The average molecular weight is 227 g/mol. The highest BCUT2D eigenvalue weighted by Crippen LogP contribution is 2.17. The van der Waals surface area contributed by atoms with Gasteiger partial charge in [0.15, 0.2) is 0 Å². The molecule has 0 heterocycles. The molecule has 15 heavy (non-hydrogen) atoms. The highest BCUT2D eigenvalue weighted by molar-refractivity contribution is 5.81. The first-order chi connectivity index (χ1) is 6.79. The zero-order chi connectivity index (χ0) is 12.1. The average Bonchev–Trinajstić information content (AvgIpc) is 2.09. The summed E-state index contributed by atoms with van der Waals surface area (Å²) in [7, 11) is 3.44. The van der Waals surface area contributed by atoms with Crippen molar-refractivity contribution in [3.8, 4) is 0 Å². The molecule has 0 bridgehead atoms. The van der Waals surface area contributed by atoms with E-state index in [9.17, 15) is 18.0 Å². The number of hydrogen-bond donors (Lipinski definition) is 1. The third-order valence-electron chi connectivity index (χ3n) is 1.75. The summed E-state index contributed by atoms with van der Waals surface area (Å²) >= 11 is 0. The Balaban J connectivity index is 4.32. The molecule has 0 aromatic carbocycles. The minimum absolute atomic E-state index is 0.0231. The van der Waals surface area contributed by atoms with Crippen LogP contribution in [0.3, 0.4) is 0 Å². The Hall–Kier alpha value is -0.820. The Labute approximate surface area is 86.8 Å². The molecule has 1 amide bonds. The molecule has 7 heteroatoms. The van der Waals surface area contributed by atoms with E-state index >= 15 is 0 Å². The summed E-state index contributed by atoms with van der Waals surface area (Å²) in [5, 5.41) is 0. The molecule has 4 nitrogen and oxygen atoms in total. The first-order valence-electron chi connectivity index (χ1n) is 4.50. The predicted octanol–water partition coefficient (Wildman–Crippen LogP) is -0.102. The SMILES string of the molecule is CN(C)CCN(CCN)C(=O)C(F)(F)F. The summed E-state index contributed by atoms with van der Waals surface area (Å²) in [6, 6.07) is 0. The van der Waals surface area contributed by atoms with Crippen LogP contribution in [0.4, 0.5) is 13.2 Å². The van der Waals surface area contributed by atoms with Crippen molar-refractivity contribution in [1.29, 1.82) is 0 Å². The molecule has 0 aromatic rings. The van der Waals surface area contributed by atoms with Crippen molar-refractivity contribution >= 4 is 5.91 Å². The molecular formula is C8H16F3N3O. The van der Waals surface area contributed by atoms with Crippen LogP contribution >= 0.6 is 0 Å². The van der Waals surface area contributed by atoms with E-state index in [1.54, 1.807) is 19.0 Å². The number of alkyl halides is 3. The van der Waals surface area contributed by atoms with E-state index in [1.807, 2.05) is 0 Å². The number of likely N-dealkylation sites (N-methyl/N-ethyl adjacent to an activating group) is 1. The maximum absolute atomic E-state index is 12.1. The van der Waals surface area contributed by atoms with Gasteiger partial charge in [0.1, 0.15) is 0 Å². The maximum Gasteiger partial charge on any atom is 0.471 e. The van der Waals surface area contributed by atoms with Crippen molar-refractivity contribution in [3.05, 3.63) is 0 Å². The second kappa shape index (κ2) is 5.92. The van der Waals surface area contributed by atoms with Crippen LogP contribution < -0.4 is 5.73 Å². The normalized spacial score (nSPS) is 11.9. The van der Waals surface area contributed by atoms with Gasteiger partial charge in [-0.25, -0.2) is 0 Å². The van der Waals surface area contributed by atoms with Crippen LogP contribution in [-0.4, -0.2) is 62.2 Å². The van der Waals surface area contributed by atoms with E-state index in [4.69, 9.17) is 5.73 Å². The molecule has 90 valence electrons. The van der Waals surface area contributed by atoms with Gasteiger partial charge in [-0.15, -0.1) is 0 Å². The van der Waals surface area contributed by atoms with Gasteiger partial charge in [0.25, 0.3) is 0 Å². The van der Waals surface area contributed by atoms with Gasteiger partial charge in [-0.2, -0.15) is 13.2 Å². The fourth-order valence-electron chi connectivity index (χ4n) is 0.971. The Kier molecular flexibility index (Phi) is 5.59. The van der Waals surface area contributed by atoms with E-state index in [1.165, 1.54) is 0 Å². The topological polar surface area (TPSA) is 49.6 Å². The standard InChI is InChI=1S/C8H16F3N3O/c1-13(2)5-6-14(4-3-12)7(15)8(9,10)11/h3-6,12H2,1-2H3. The Bertz CT molecular complexity index is 206. The second-order valence-electron chi connectivity index (χ2n) is 3.38. The van der Waals surface area contributed by atoms with Crippen LogP contribution in [0.15, 0.2) is 0 Å². The molecule has 0 unspecified atom stereocenters. The quantitative estimate of drug-likeness (QED) is 0.713. The van der Waals surface area contributed by atoms with Gasteiger partial charge >= 0.3 is 12.1 Å². The summed E-state index contributed by atoms with van der Waals surface area (Å²) in [4.78, 5) is 13.3. The highest BCUT2D eigenvalue weighted by Gasteiger charge is 2.41. The molecule has 0 radical (unpaired) electrons. The lowest BCUT2D eigenvalue weighted by molar-refractivity contribution is -0.185. The van der Waals surface area contributed by atoms with Gasteiger partial charge in [0.2, 0.25) is 0 Å². The zero-order valence-electron chi connectivity index (χ0n) is 8.84. The lowest BCUT2D eigenvalue weighted by Gasteiger charge is -2.24. The number of amides is 1. The van der Waals surface area contributed by atoms with Crippen molar-refractivity contribution < 1.29 is 18.0 Å². The van der Waals surface area contributed by atoms with E-state index in [0.717, 1.165) is 4.90 Å². The number of halogens is 3. The molecule has 0 saturated heterocycles. The summed E-state index contributed by atoms with van der Waals surface area (Å²) in [5.41, 5.74) is 5.14. The molecule has 0 rings (SSSR count). The van der Waals surface area contributed by atoms with Crippen molar-refractivity contribution in [2.45, 2.75) is 6.18 Å². The van der Waals surface area contributed by atoms with Gasteiger partial charge in [0.05, 0.1) is 0 Å². The van der Waals surface area contributed by atoms with Crippen molar-refractivity contribution in [1.82, 2.24) is 9.80 Å². The Morgan fingerprint density at radius 3 is 2.07 bits per heavy atom. The molecule has 2 N–H and O–H groups in total. The van der Waals surface area contributed by atoms with Gasteiger partial charge < -0.3 is 15.5 Å². The minimum atomic E-state index is -4.82. The van der Waals surface area contributed by atoms with Crippen LogP contribution in [-0.2, 0) is 4.79 Å². The first-order valence-corrected chi connectivity index (χ1v) is 4.50. The molecule has 0 fully saturated rings. The predicted molar refractivity (Wildman–Crippen MR) is 50.2 cm³/mol. The molecule has 0 aliphatic carbocycles. The maximum atomic E-state index is 12.1. The van der Waals surface area contributed by atoms with Crippen LogP contribution in [0.25, 0.3) is 0 Å². The molecule has 0 aromatic heterocycles. The summed E-state index contributed by atoms with van der Waals surface area (Å²) in [6.45, 7) is 0.353. The third kappa shape index (κ3) is 5.58. The van der Waals surface area contributed by atoms with Crippen molar-refractivity contribution in [2.24, 2.45) is 5.73 Å². The third-order valence-corrected chi connectivity index (χ3v) is 1.75. The molecule has 0 aliphatic rings. The van der Waals surface area contributed by atoms with Gasteiger partial charge in [-0.1, -0.05) is 0 Å². The van der Waals surface area contributed by atoms with Crippen LogP contribution in [0.1, 0.15) is 0 Å². The monoisotopic (exact) mass is 227 g/mol. The van der Waals surface area contributed by atoms with Crippen LogP contribution in [0.5, 0.6) is 0 Å². The molecule has 0 aliphatic heterocycles. The Morgan fingerprint density at radius 1 is 1.20 bits per heavy atom. The van der Waals surface area contributed by atoms with Gasteiger partial charge in [-0.05, 0) is 14.1 Å². The number of nitrogens with two attached hydrogens (primary N) is 1. The first kappa shape index (κ1) is 14.2. The zero-order valence-corrected chi connectivity index (χ0v) is 8.84. The van der Waals surface area contributed by atoms with Crippen LogP contribution in [0, 0.1) is 0 Å². The van der Waals surface area contributed by atoms with Crippen molar-refractivity contribution in [2.75, 3.05) is 40.3 Å². The lowest BCUT2D eigenvalue weighted by atomic mass is 10.4. The van der Waals surface area contributed by atoms with E-state index in [-0.39, 0.29) is 19.6 Å². The lowest BCUT2D eigenvalue weighted by Crippen LogP contribution is -2.46. The summed E-state index contributed by atoms with van der Waals surface area (Å²) < 4.78 is 36.3. The number of carbonyl (C=O) groups excluding carboxylic acids is 1. The number of carbonyl (C=O) groups is 1. The Morgan fingerprint density at radius 2 is 1.73 bits per heavy atom. The van der Waals surface area contributed by atoms with Gasteiger partial charge in [-0.3, -0.25) is 4.79 Å². The van der Waals surface area contributed by atoms with Crippen LogP contribution in [0.2, 0.25) is 0 Å². The van der Waals surface area contributed by atoms with Crippen molar-refractivity contribution in [3.63, 3.8) is 0 Å². The summed E-state index contributed by atoms with van der Waals surface area (Å²) in [5.74, 6) is -1.82. The summed E-state index contributed by atoms with van der Waals surface area (Å²) in [6.07, 6.45) is -4.82. The fourth-order valence-corrected chi connectivity index (χ4v) is 0.971. The smallest absolute Gasteiger partial charge is 0.332 e. The van der Waals surface area contributed by atoms with E-state index in [2.05, 4.69) is 0 Å². The number of nitrogens with zero attached hydrogens (tertiary/aromatic N) is 2. The molecule has 0 saturated carbocycles. The fraction of sp³-hybridized carbons (Fsp3) is 0.875. The van der Waals surface area contributed by atoms with E-state index in [0.29, 0.717) is 6.54 Å². The molecular weight excluding hydrogens is 211 g/mol. The van der Waals surface area contributed by atoms with Gasteiger partial charge in [0, 0.05) is 26.2 Å². The molecule has 0 atom stereocenters. The largest absolute Gasteiger partial charge is 0.471 e.